The van der Waals surface area contributed by atoms with Gasteiger partial charge in [0.15, 0.2) is 0 Å². The molecule has 0 spiro atoms. The van der Waals surface area contributed by atoms with Crippen molar-refractivity contribution in [2.75, 3.05) is 25.0 Å². The van der Waals surface area contributed by atoms with Gasteiger partial charge in [0.1, 0.15) is 0 Å². The number of rotatable bonds is 7. The molecule has 2 aromatic rings. The van der Waals surface area contributed by atoms with Crippen LogP contribution in [0.4, 0.5) is 5.69 Å². The molecule has 3 rings (SSSR count). The molecule has 1 saturated heterocycles. The average molecular weight is 534 g/mol. The van der Waals surface area contributed by atoms with Gasteiger partial charge in [0.25, 0.3) is 0 Å². The number of esters is 1. The summed E-state index contributed by atoms with van der Waals surface area (Å²) in [6, 6.07) is 9.21. The molecule has 0 aliphatic carbocycles. The molecule has 178 valence electrons. The highest BCUT2D eigenvalue weighted by Crippen LogP contribution is 2.27. The SMILES string of the molecule is CCOC(=O)c1cc(NC(=O)C2CCCN(S(=O)(=O)Cc3ccc(Cl)c(Cl)c3)C2)ccc1Cl. The summed E-state index contributed by atoms with van der Waals surface area (Å²) in [5, 5.41) is 3.60. The number of carbonyl (C=O) groups excluding carboxylic acids is 2. The summed E-state index contributed by atoms with van der Waals surface area (Å²) in [4.78, 5) is 24.9. The lowest BCUT2D eigenvalue weighted by molar-refractivity contribution is -0.120. The van der Waals surface area contributed by atoms with Gasteiger partial charge in [-0.05, 0) is 55.7 Å². The molecule has 1 atom stereocenters. The van der Waals surface area contributed by atoms with Crippen molar-refractivity contribution >= 4 is 62.4 Å². The zero-order chi connectivity index (χ0) is 24.2. The Bertz CT molecular complexity index is 1160. The van der Waals surface area contributed by atoms with Gasteiger partial charge in [-0.2, -0.15) is 0 Å². The maximum absolute atomic E-state index is 12.9. The smallest absolute Gasteiger partial charge is 0.339 e. The first-order chi connectivity index (χ1) is 15.6. The highest BCUT2D eigenvalue weighted by atomic mass is 35.5. The fraction of sp³-hybridized carbons (Fsp3) is 0.364. The fourth-order valence-electron chi connectivity index (χ4n) is 3.55. The van der Waals surface area contributed by atoms with Gasteiger partial charge in [-0.15, -0.1) is 0 Å². The minimum Gasteiger partial charge on any atom is -0.462 e. The van der Waals surface area contributed by atoms with Crippen molar-refractivity contribution in [1.29, 1.82) is 0 Å². The van der Waals surface area contributed by atoms with Crippen LogP contribution in [-0.4, -0.2) is 44.3 Å². The number of nitrogens with zero attached hydrogens (tertiary/aromatic N) is 1. The average Bonchev–Trinajstić information content (AvgIpc) is 2.77. The van der Waals surface area contributed by atoms with Crippen LogP contribution in [-0.2, 0) is 25.3 Å². The molecular weight excluding hydrogens is 511 g/mol. The van der Waals surface area contributed by atoms with Crippen LogP contribution in [0, 0.1) is 5.92 Å². The molecule has 11 heteroatoms. The number of halogens is 3. The number of anilines is 1. The summed E-state index contributed by atoms with van der Waals surface area (Å²) < 4.78 is 32.2. The number of nitrogens with one attached hydrogen (secondary N) is 1. The summed E-state index contributed by atoms with van der Waals surface area (Å²) in [6.45, 7) is 2.28. The van der Waals surface area contributed by atoms with E-state index in [1.54, 1.807) is 25.1 Å². The van der Waals surface area contributed by atoms with Gasteiger partial charge in [0.2, 0.25) is 15.9 Å². The van der Waals surface area contributed by atoms with Crippen LogP contribution < -0.4 is 5.32 Å². The molecular formula is C22H23Cl3N2O5S. The zero-order valence-electron chi connectivity index (χ0n) is 17.8. The molecule has 1 N–H and O–H groups in total. The van der Waals surface area contributed by atoms with E-state index >= 15 is 0 Å². The van der Waals surface area contributed by atoms with Crippen molar-refractivity contribution in [3.8, 4) is 0 Å². The number of benzene rings is 2. The first kappa shape index (κ1) is 25.8. The van der Waals surface area contributed by atoms with Gasteiger partial charge in [-0.1, -0.05) is 40.9 Å². The molecule has 0 radical (unpaired) electrons. The number of piperidine rings is 1. The first-order valence-corrected chi connectivity index (χ1v) is 13.0. The number of sulfonamides is 1. The largest absolute Gasteiger partial charge is 0.462 e. The first-order valence-electron chi connectivity index (χ1n) is 10.3. The predicted molar refractivity (Wildman–Crippen MR) is 129 cm³/mol. The Kier molecular flexibility index (Phi) is 8.64. The van der Waals surface area contributed by atoms with Crippen molar-refractivity contribution in [2.24, 2.45) is 5.92 Å². The number of ether oxygens (including phenoxy) is 1. The van der Waals surface area contributed by atoms with Gasteiger partial charge in [-0.25, -0.2) is 17.5 Å². The van der Waals surface area contributed by atoms with Crippen LogP contribution in [0.3, 0.4) is 0 Å². The van der Waals surface area contributed by atoms with Crippen LogP contribution in [0.2, 0.25) is 15.1 Å². The van der Waals surface area contributed by atoms with Gasteiger partial charge < -0.3 is 10.1 Å². The molecule has 1 heterocycles. The van der Waals surface area contributed by atoms with E-state index in [1.807, 2.05) is 0 Å². The molecule has 33 heavy (non-hydrogen) atoms. The highest BCUT2D eigenvalue weighted by Gasteiger charge is 2.32. The Morgan fingerprint density at radius 2 is 1.82 bits per heavy atom. The number of amides is 1. The van der Waals surface area contributed by atoms with Gasteiger partial charge >= 0.3 is 5.97 Å². The van der Waals surface area contributed by atoms with E-state index in [9.17, 15) is 18.0 Å². The Hall–Kier alpha value is -1.84. The Balaban J connectivity index is 1.68. The lowest BCUT2D eigenvalue weighted by Gasteiger charge is -2.31. The third-order valence-corrected chi connectivity index (χ3v) is 8.10. The summed E-state index contributed by atoms with van der Waals surface area (Å²) in [5.74, 6) is -1.69. The van der Waals surface area contributed by atoms with Crippen molar-refractivity contribution in [2.45, 2.75) is 25.5 Å². The second-order valence-electron chi connectivity index (χ2n) is 7.61. The maximum Gasteiger partial charge on any atom is 0.339 e. The molecule has 7 nitrogen and oxygen atoms in total. The second kappa shape index (κ2) is 11.1. The van der Waals surface area contributed by atoms with Crippen molar-refractivity contribution in [3.05, 3.63) is 62.6 Å². The van der Waals surface area contributed by atoms with E-state index < -0.39 is 21.9 Å². The van der Waals surface area contributed by atoms with E-state index in [4.69, 9.17) is 39.5 Å². The van der Waals surface area contributed by atoms with Crippen LogP contribution in [0.5, 0.6) is 0 Å². The normalized spacial score (nSPS) is 16.9. The Labute approximate surface area is 208 Å². The molecule has 2 aromatic carbocycles. The maximum atomic E-state index is 12.9. The molecule has 1 amide bonds. The third kappa shape index (κ3) is 6.61. The van der Waals surface area contributed by atoms with Crippen LogP contribution in [0.25, 0.3) is 0 Å². The minimum atomic E-state index is -3.66. The number of carbonyl (C=O) groups is 2. The third-order valence-electron chi connectivity index (χ3n) is 5.21. The molecule has 0 bridgehead atoms. The topological polar surface area (TPSA) is 92.8 Å². The fourth-order valence-corrected chi connectivity index (χ4v) is 5.67. The molecule has 1 aliphatic heterocycles. The Morgan fingerprint density at radius 3 is 2.52 bits per heavy atom. The van der Waals surface area contributed by atoms with Crippen LogP contribution in [0.15, 0.2) is 36.4 Å². The molecule has 0 saturated carbocycles. The van der Waals surface area contributed by atoms with E-state index in [-0.39, 0.29) is 40.4 Å². The summed E-state index contributed by atoms with van der Waals surface area (Å²) in [7, 11) is -3.66. The molecule has 0 aromatic heterocycles. The molecule has 1 aliphatic rings. The molecule has 1 unspecified atom stereocenters. The van der Waals surface area contributed by atoms with Crippen molar-refractivity contribution in [3.63, 3.8) is 0 Å². The van der Waals surface area contributed by atoms with E-state index in [0.717, 1.165) is 0 Å². The van der Waals surface area contributed by atoms with E-state index in [1.165, 1.54) is 22.5 Å². The van der Waals surface area contributed by atoms with Gasteiger partial charge in [-0.3, -0.25) is 4.79 Å². The highest BCUT2D eigenvalue weighted by molar-refractivity contribution is 7.88. The quantitative estimate of drug-likeness (QED) is 0.505. The lowest BCUT2D eigenvalue weighted by atomic mass is 9.98. The van der Waals surface area contributed by atoms with Gasteiger partial charge in [0.05, 0.1) is 38.9 Å². The summed E-state index contributed by atoms with van der Waals surface area (Å²) in [5.41, 5.74) is 1.04. The molecule has 1 fully saturated rings. The van der Waals surface area contributed by atoms with E-state index in [2.05, 4.69) is 5.32 Å². The second-order valence-corrected chi connectivity index (χ2v) is 10.8. The standard InChI is InChI=1S/C22H23Cl3N2O5S/c1-2-32-22(29)17-11-16(6-8-18(17)23)26-21(28)15-4-3-9-27(12-15)33(30,31)13-14-5-7-19(24)20(25)10-14/h5-8,10-11,15H,2-4,9,12-13H2,1H3,(H,26,28). The Morgan fingerprint density at radius 1 is 1.09 bits per heavy atom. The minimum absolute atomic E-state index is 0.0633. The van der Waals surface area contributed by atoms with Crippen molar-refractivity contribution in [1.82, 2.24) is 4.31 Å². The van der Waals surface area contributed by atoms with Gasteiger partial charge in [0, 0.05) is 18.8 Å². The monoisotopic (exact) mass is 532 g/mol. The zero-order valence-corrected chi connectivity index (χ0v) is 20.9. The van der Waals surface area contributed by atoms with E-state index in [0.29, 0.717) is 35.7 Å². The number of hydrogen-bond acceptors (Lipinski definition) is 5. The summed E-state index contributed by atoms with van der Waals surface area (Å²) >= 11 is 18.0. The van der Waals surface area contributed by atoms with Crippen molar-refractivity contribution < 1.29 is 22.7 Å². The number of hydrogen-bond donors (Lipinski definition) is 1. The summed E-state index contributed by atoms with van der Waals surface area (Å²) in [6.07, 6.45) is 1.09. The predicted octanol–water partition coefficient (Wildman–Crippen LogP) is 5.00. The van der Waals surface area contributed by atoms with Crippen LogP contribution >= 0.6 is 34.8 Å². The van der Waals surface area contributed by atoms with Crippen LogP contribution in [0.1, 0.15) is 35.7 Å². The lowest BCUT2D eigenvalue weighted by Crippen LogP contribution is -2.44.